The molecule has 1 heterocycles. The standard InChI is InChI=1S/C13H11F2NO5S/c1-8-6-10(21-16-8)7-20-12(17)9-2-4-11(5-3-9)22(18,19)13(14)15/h2-6,13H,7H2,1H3. The lowest BCUT2D eigenvalue weighted by Crippen LogP contribution is -2.12. The fraction of sp³-hybridized carbons (Fsp3) is 0.231. The van der Waals surface area contributed by atoms with E-state index in [0.717, 1.165) is 24.3 Å². The average Bonchev–Trinajstić information content (AvgIpc) is 2.90. The van der Waals surface area contributed by atoms with Crippen molar-refractivity contribution in [2.24, 2.45) is 0 Å². The van der Waals surface area contributed by atoms with Gasteiger partial charge in [-0.3, -0.25) is 0 Å². The first-order valence-corrected chi connectivity index (χ1v) is 7.57. The van der Waals surface area contributed by atoms with E-state index in [1.165, 1.54) is 0 Å². The third-order valence-electron chi connectivity index (χ3n) is 2.68. The largest absolute Gasteiger partial charge is 0.454 e. The van der Waals surface area contributed by atoms with E-state index in [-0.39, 0.29) is 12.2 Å². The molecule has 0 aliphatic heterocycles. The number of halogens is 2. The number of rotatable bonds is 5. The number of nitrogens with zero attached hydrogens (tertiary/aromatic N) is 1. The zero-order valence-electron chi connectivity index (χ0n) is 11.3. The Morgan fingerprint density at radius 2 is 1.95 bits per heavy atom. The Balaban J connectivity index is 2.05. The molecule has 1 aromatic carbocycles. The zero-order chi connectivity index (χ0) is 16.3. The van der Waals surface area contributed by atoms with Crippen LogP contribution >= 0.6 is 0 Å². The summed E-state index contributed by atoms with van der Waals surface area (Å²) in [5.74, 6) is -3.90. The molecule has 0 saturated carbocycles. The highest BCUT2D eigenvalue weighted by Gasteiger charge is 2.26. The van der Waals surface area contributed by atoms with Gasteiger partial charge in [-0.25, -0.2) is 13.2 Å². The molecule has 0 fully saturated rings. The van der Waals surface area contributed by atoms with Gasteiger partial charge >= 0.3 is 11.7 Å². The molecule has 9 heteroatoms. The van der Waals surface area contributed by atoms with Gasteiger partial charge in [0.05, 0.1) is 16.2 Å². The Bertz CT molecular complexity index is 768. The molecular formula is C13H11F2NO5S. The summed E-state index contributed by atoms with van der Waals surface area (Å²) < 4.78 is 57.0. The molecule has 0 radical (unpaired) electrons. The highest BCUT2D eigenvalue weighted by Crippen LogP contribution is 2.19. The quantitative estimate of drug-likeness (QED) is 0.782. The van der Waals surface area contributed by atoms with Crippen molar-refractivity contribution in [2.75, 3.05) is 0 Å². The van der Waals surface area contributed by atoms with Gasteiger partial charge in [0.25, 0.3) is 0 Å². The molecule has 22 heavy (non-hydrogen) atoms. The zero-order valence-corrected chi connectivity index (χ0v) is 12.1. The van der Waals surface area contributed by atoms with Crippen LogP contribution in [0.4, 0.5) is 8.78 Å². The summed E-state index contributed by atoms with van der Waals surface area (Å²) in [6, 6.07) is 5.64. The van der Waals surface area contributed by atoms with Crippen LogP contribution in [0.2, 0.25) is 0 Å². The monoisotopic (exact) mass is 331 g/mol. The number of alkyl halides is 2. The minimum absolute atomic E-state index is 0.0319. The minimum atomic E-state index is -4.68. The van der Waals surface area contributed by atoms with Crippen molar-refractivity contribution in [3.8, 4) is 0 Å². The molecule has 0 spiro atoms. The van der Waals surface area contributed by atoms with E-state index in [1.807, 2.05) is 0 Å². The molecule has 0 unspecified atom stereocenters. The van der Waals surface area contributed by atoms with Crippen LogP contribution in [0.1, 0.15) is 21.8 Å². The number of benzene rings is 1. The summed E-state index contributed by atoms with van der Waals surface area (Å²) in [6.45, 7) is 1.56. The number of carbonyl (C=O) groups excluding carboxylic acids is 1. The second kappa shape index (κ2) is 6.22. The number of sulfone groups is 1. The number of ether oxygens (including phenoxy) is 1. The molecular weight excluding hydrogens is 320 g/mol. The van der Waals surface area contributed by atoms with Crippen LogP contribution in [0.15, 0.2) is 39.8 Å². The molecule has 0 saturated heterocycles. The SMILES string of the molecule is Cc1cc(COC(=O)c2ccc(S(=O)(=O)C(F)F)cc2)on1. The van der Waals surface area contributed by atoms with Gasteiger partial charge in [-0.2, -0.15) is 8.78 Å². The first kappa shape index (κ1) is 16.1. The fourth-order valence-corrected chi connectivity index (χ4v) is 2.31. The average molecular weight is 331 g/mol. The molecule has 2 rings (SSSR count). The number of hydrogen-bond donors (Lipinski definition) is 0. The lowest BCUT2D eigenvalue weighted by atomic mass is 10.2. The molecule has 2 aromatic rings. The molecule has 0 N–H and O–H groups in total. The number of esters is 1. The normalized spacial score (nSPS) is 11.6. The number of carbonyl (C=O) groups is 1. The molecule has 0 aliphatic carbocycles. The van der Waals surface area contributed by atoms with Crippen molar-refractivity contribution in [2.45, 2.75) is 24.2 Å². The van der Waals surface area contributed by atoms with Gasteiger partial charge in [0, 0.05) is 6.07 Å². The molecule has 118 valence electrons. The highest BCUT2D eigenvalue weighted by atomic mass is 32.2. The molecule has 0 amide bonds. The van der Waals surface area contributed by atoms with E-state index in [9.17, 15) is 22.0 Å². The number of aromatic nitrogens is 1. The Kier molecular flexibility index (Phi) is 4.55. The van der Waals surface area contributed by atoms with Crippen molar-refractivity contribution in [1.82, 2.24) is 5.16 Å². The summed E-state index contributed by atoms with van der Waals surface area (Å²) in [4.78, 5) is 11.2. The van der Waals surface area contributed by atoms with Gasteiger partial charge < -0.3 is 9.26 Å². The van der Waals surface area contributed by atoms with E-state index in [4.69, 9.17) is 9.26 Å². The van der Waals surface area contributed by atoms with Crippen LogP contribution in [-0.2, 0) is 21.2 Å². The van der Waals surface area contributed by atoms with E-state index >= 15 is 0 Å². The third-order valence-corrected chi connectivity index (χ3v) is 4.07. The summed E-state index contributed by atoms with van der Waals surface area (Å²) in [5.41, 5.74) is 0.664. The smallest absolute Gasteiger partial charge is 0.341 e. The van der Waals surface area contributed by atoms with Crippen LogP contribution < -0.4 is 0 Å². The predicted octanol–water partition coefficient (Wildman–Crippen LogP) is 2.34. The van der Waals surface area contributed by atoms with Crippen molar-refractivity contribution in [3.63, 3.8) is 0 Å². The Morgan fingerprint density at radius 1 is 1.32 bits per heavy atom. The highest BCUT2D eigenvalue weighted by molar-refractivity contribution is 7.91. The van der Waals surface area contributed by atoms with Gasteiger partial charge in [0.2, 0.25) is 9.84 Å². The Morgan fingerprint density at radius 3 is 2.45 bits per heavy atom. The Labute approximate surface area is 124 Å². The van der Waals surface area contributed by atoms with Gasteiger partial charge in [0.15, 0.2) is 12.4 Å². The van der Waals surface area contributed by atoms with Gasteiger partial charge in [-0.05, 0) is 31.2 Å². The minimum Gasteiger partial charge on any atom is -0.454 e. The first-order chi connectivity index (χ1) is 10.3. The maximum absolute atomic E-state index is 12.4. The predicted molar refractivity (Wildman–Crippen MR) is 70.0 cm³/mol. The topological polar surface area (TPSA) is 86.5 Å². The maximum atomic E-state index is 12.4. The van der Waals surface area contributed by atoms with E-state index in [2.05, 4.69) is 5.16 Å². The lowest BCUT2D eigenvalue weighted by Gasteiger charge is -2.05. The van der Waals surface area contributed by atoms with Gasteiger partial charge in [0.1, 0.15) is 0 Å². The summed E-state index contributed by atoms with van der Waals surface area (Å²) >= 11 is 0. The summed E-state index contributed by atoms with van der Waals surface area (Å²) in [6.07, 6.45) is 0. The fourth-order valence-electron chi connectivity index (χ4n) is 1.59. The van der Waals surface area contributed by atoms with Crippen molar-refractivity contribution >= 4 is 15.8 Å². The number of aryl methyl sites for hydroxylation is 1. The third kappa shape index (κ3) is 3.48. The second-order valence-corrected chi connectivity index (χ2v) is 6.26. The van der Waals surface area contributed by atoms with Gasteiger partial charge in [-0.1, -0.05) is 5.16 Å². The van der Waals surface area contributed by atoms with E-state index in [0.29, 0.717) is 11.5 Å². The molecule has 0 atom stereocenters. The van der Waals surface area contributed by atoms with Crippen molar-refractivity contribution in [1.29, 1.82) is 0 Å². The lowest BCUT2D eigenvalue weighted by molar-refractivity contribution is 0.0437. The molecule has 1 aromatic heterocycles. The van der Waals surface area contributed by atoms with Gasteiger partial charge in [-0.15, -0.1) is 0 Å². The maximum Gasteiger partial charge on any atom is 0.341 e. The second-order valence-electron chi connectivity index (χ2n) is 4.34. The van der Waals surface area contributed by atoms with Crippen molar-refractivity contribution < 1.29 is 31.3 Å². The van der Waals surface area contributed by atoms with Crippen LogP contribution in [-0.4, -0.2) is 25.3 Å². The van der Waals surface area contributed by atoms with Crippen molar-refractivity contribution in [3.05, 3.63) is 47.3 Å². The first-order valence-electron chi connectivity index (χ1n) is 6.02. The molecule has 0 bridgehead atoms. The van der Waals surface area contributed by atoms with E-state index < -0.39 is 26.5 Å². The van der Waals surface area contributed by atoms with Crippen LogP contribution in [0.25, 0.3) is 0 Å². The van der Waals surface area contributed by atoms with E-state index in [1.54, 1.807) is 13.0 Å². The number of hydrogen-bond acceptors (Lipinski definition) is 6. The van der Waals surface area contributed by atoms with Crippen LogP contribution in [0, 0.1) is 6.92 Å². The molecule has 6 nitrogen and oxygen atoms in total. The molecule has 0 aliphatic rings. The summed E-state index contributed by atoms with van der Waals surface area (Å²) in [5, 5.41) is 3.62. The summed E-state index contributed by atoms with van der Waals surface area (Å²) in [7, 11) is -4.68. The van der Waals surface area contributed by atoms with Crippen LogP contribution in [0.5, 0.6) is 0 Å². The van der Waals surface area contributed by atoms with Crippen LogP contribution in [0.3, 0.4) is 0 Å². The Hall–Kier alpha value is -2.29.